The van der Waals surface area contributed by atoms with Crippen molar-refractivity contribution in [3.8, 4) is 0 Å². The Labute approximate surface area is 96.6 Å². The van der Waals surface area contributed by atoms with Gasteiger partial charge in [-0.15, -0.1) is 0 Å². The van der Waals surface area contributed by atoms with Crippen molar-refractivity contribution in [3.05, 3.63) is 29.3 Å². The Kier molecular flexibility index (Phi) is 4.07. The van der Waals surface area contributed by atoms with Crippen LogP contribution in [-0.2, 0) is 16.6 Å². The van der Waals surface area contributed by atoms with Crippen molar-refractivity contribution < 1.29 is 13.5 Å². The van der Waals surface area contributed by atoms with Crippen molar-refractivity contribution >= 4 is 10.0 Å². The molecule has 90 valence electrons. The second kappa shape index (κ2) is 4.95. The molecule has 0 aliphatic carbocycles. The third kappa shape index (κ3) is 2.26. The Hall–Kier alpha value is -0.910. The molecule has 0 aliphatic heterocycles. The molecular formula is C11H17NO3S. The summed E-state index contributed by atoms with van der Waals surface area (Å²) in [4.78, 5) is 0.267. The molecule has 0 aliphatic rings. The molecule has 0 spiro atoms. The van der Waals surface area contributed by atoms with Crippen LogP contribution in [0.3, 0.4) is 0 Å². The van der Waals surface area contributed by atoms with Crippen LogP contribution in [0.2, 0.25) is 0 Å². The Morgan fingerprint density at radius 2 is 2.00 bits per heavy atom. The molecule has 0 bridgehead atoms. The number of aliphatic hydroxyl groups is 1. The minimum Gasteiger partial charge on any atom is -0.392 e. The van der Waals surface area contributed by atoms with Crippen molar-refractivity contribution in [1.82, 2.24) is 4.31 Å². The van der Waals surface area contributed by atoms with Crippen molar-refractivity contribution in [1.29, 1.82) is 0 Å². The lowest BCUT2D eigenvalue weighted by atomic mass is 10.1. The van der Waals surface area contributed by atoms with E-state index in [0.29, 0.717) is 17.7 Å². The van der Waals surface area contributed by atoms with E-state index in [-0.39, 0.29) is 11.5 Å². The standard InChI is InChI=1S/C11H17NO3S/c1-4-12(3)16(14,15)11-7-5-6-10(8-13)9(11)2/h5-7,13H,4,8H2,1-3H3. The maximum absolute atomic E-state index is 12.1. The largest absolute Gasteiger partial charge is 0.392 e. The molecule has 0 amide bonds. The predicted octanol–water partition coefficient (Wildman–Crippen LogP) is 1.13. The SMILES string of the molecule is CCN(C)S(=O)(=O)c1cccc(CO)c1C. The van der Waals surface area contributed by atoms with Gasteiger partial charge < -0.3 is 5.11 Å². The highest BCUT2D eigenvalue weighted by Crippen LogP contribution is 2.21. The van der Waals surface area contributed by atoms with Gasteiger partial charge in [0.1, 0.15) is 0 Å². The maximum Gasteiger partial charge on any atom is 0.243 e. The van der Waals surface area contributed by atoms with E-state index in [1.54, 1.807) is 39.1 Å². The molecule has 4 nitrogen and oxygen atoms in total. The zero-order chi connectivity index (χ0) is 12.3. The van der Waals surface area contributed by atoms with Crippen LogP contribution in [0.25, 0.3) is 0 Å². The van der Waals surface area contributed by atoms with Crippen LogP contribution in [0, 0.1) is 6.92 Å². The van der Waals surface area contributed by atoms with E-state index >= 15 is 0 Å². The van der Waals surface area contributed by atoms with Gasteiger partial charge in [0.2, 0.25) is 10.0 Å². The van der Waals surface area contributed by atoms with Crippen LogP contribution in [0.5, 0.6) is 0 Å². The minimum absolute atomic E-state index is 0.148. The molecule has 0 saturated carbocycles. The number of hydrogen-bond donors (Lipinski definition) is 1. The van der Waals surface area contributed by atoms with Gasteiger partial charge >= 0.3 is 0 Å². The molecule has 0 aromatic heterocycles. The Morgan fingerprint density at radius 3 is 2.50 bits per heavy atom. The highest BCUT2D eigenvalue weighted by Gasteiger charge is 2.22. The van der Waals surface area contributed by atoms with Crippen LogP contribution in [-0.4, -0.2) is 31.4 Å². The fourth-order valence-electron chi connectivity index (χ4n) is 1.45. The summed E-state index contributed by atoms with van der Waals surface area (Å²) in [5, 5.41) is 9.10. The van der Waals surface area contributed by atoms with E-state index in [0.717, 1.165) is 0 Å². The molecule has 0 radical (unpaired) electrons. The van der Waals surface area contributed by atoms with Gasteiger partial charge in [-0.25, -0.2) is 12.7 Å². The smallest absolute Gasteiger partial charge is 0.243 e. The molecule has 0 fully saturated rings. The van der Waals surface area contributed by atoms with Crippen molar-refractivity contribution in [2.24, 2.45) is 0 Å². The second-order valence-electron chi connectivity index (χ2n) is 3.62. The number of aliphatic hydroxyl groups excluding tert-OH is 1. The van der Waals surface area contributed by atoms with Gasteiger partial charge in [-0.05, 0) is 24.1 Å². The van der Waals surface area contributed by atoms with Crippen LogP contribution in [0.1, 0.15) is 18.1 Å². The zero-order valence-electron chi connectivity index (χ0n) is 9.77. The Morgan fingerprint density at radius 1 is 1.38 bits per heavy atom. The van der Waals surface area contributed by atoms with Gasteiger partial charge in [0.15, 0.2) is 0 Å². The van der Waals surface area contributed by atoms with Gasteiger partial charge in [0.05, 0.1) is 11.5 Å². The first-order chi connectivity index (χ1) is 7.45. The van der Waals surface area contributed by atoms with Crippen LogP contribution < -0.4 is 0 Å². The molecule has 0 saturated heterocycles. The number of hydrogen-bond acceptors (Lipinski definition) is 3. The summed E-state index contributed by atoms with van der Waals surface area (Å²) < 4.78 is 25.5. The van der Waals surface area contributed by atoms with Crippen molar-refractivity contribution in [2.45, 2.75) is 25.3 Å². The molecule has 1 rings (SSSR count). The fourth-order valence-corrected chi connectivity index (χ4v) is 2.89. The normalized spacial score (nSPS) is 12.1. The first-order valence-electron chi connectivity index (χ1n) is 5.10. The Bertz CT molecular complexity index is 468. The summed E-state index contributed by atoms with van der Waals surface area (Å²) in [5.74, 6) is 0. The van der Waals surface area contributed by atoms with Crippen molar-refractivity contribution in [3.63, 3.8) is 0 Å². The maximum atomic E-state index is 12.1. The molecule has 1 aromatic rings. The van der Waals surface area contributed by atoms with Gasteiger partial charge in [-0.3, -0.25) is 0 Å². The second-order valence-corrected chi connectivity index (χ2v) is 5.63. The summed E-state index contributed by atoms with van der Waals surface area (Å²) in [6.07, 6.45) is 0. The van der Waals surface area contributed by atoms with Crippen molar-refractivity contribution in [2.75, 3.05) is 13.6 Å². The summed E-state index contributed by atoms with van der Waals surface area (Å²) in [5.41, 5.74) is 1.26. The fraction of sp³-hybridized carbons (Fsp3) is 0.455. The van der Waals surface area contributed by atoms with Crippen LogP contribution >= 0.6 is 0 Å². The zero-order valence-corrected chi connectivity index (χ0v) is 10.6. The summed E-state index contributed by atoms with van der Waals surface area (Å²) in [6, 6.07) is 4.94. The Balaban J connectivity index is 3.34. The van der Waals surface area contributed by atoms with Gasteiger partial charge in [0.25, 0.3) is 0 Å². The van der Waals surface area contributed by atoms with Gasteiger partial charge in [-0.2, -0.15) is 0 Å². The van der Waals surface area contributed by atoms with E-state index in [1.807, 2.05) is 0 Å². The van der Waals surface area contributed by atoms with E-state index in [9.17, 15) is 8.42 Å². The highest BCUT2D eigenvalue weighted by atomic mass is 32.2. The molecule has 5 heteroatoms. The third-order valence-electron chi connectivity index (χ3n) is 2.70. The molecule has 1 aromatic carbocycles. The first-order valence-corrected chi connectivity index (χ1v) is 6.54. The summed E-state index contributed by atoms with van der Waals surface area (Å²) in [6.45, 7) is 3.76. The topological polar surface area (TPSA) is 57.6 Å². The summed E-state index contributed by atoms with van der Waals surface area (Å²) >= 11 is 0. The molecule has 0 unspecified atom stereocenters. The third-order valence-corrected chi connectivity index (χ3v) is 4.78. The number of nitrogens with zero attached hydrogens (tertiary/aromatic N) is 1. The molecule has 16 heavy (non-hydrogen) atoms. The average molecular weight is 243 g/mol. The molecule has 0 atom stereocenters. The van der Waals surface area contributed by atoms with Crippen LogP contribution in [0.4, 0.5) is 0 Å². The van der Waals surface area contributed by atoms with Crippen LogP contribution in [0.15, 0.2) is 23.1 Å². The van der Waals surface area contributed by atoms with Gasteiger partial charge in [-0.1, -0.05) is 19.1 Å². The first kappa shape index (κ1) is 13.2. The lowest BCUT2D eigenvalue weighted by Gasteiger charge is -2.17. The van der Waals surface area contributed by atoms with E-state index in [1.165, 1.54) is 4.31 Å². The van der Waals surface area contributed by atoms with E-state index in [4.69, 9.17) is 5.11 Å². The average Bonchev–Trinajstić information content (AvgIpc) is 2.27. The number of rotatable bonds is 4. The molecule has 0 heterocycles. The molecule has 1 N–H and O–H groups in total. The number of sulfonamides is 1. The monoisotopic (exact) mass is 243 g/mol. The minimum atomic E-state index is -3.43. The van der Waals surface area contributed by atoms with E-state index < -0.39 is 10.0 Å². The van der Waals surface area contributed by atoms with Gasteiger partial charge in [0, 0.05) is 13.6 Å². The lowest BCUT2D eigenvalue weighted by Crippen LogP contribution is -2.27. The quantitative estimate of drug-likeness (QED) is 0.862. The number of benzene rings is 1. The van der Waals surface area contributed by atoms with E-state index in [2.05, 4.69) is 0 Å². The predicted molar refractivity (Wildman–Crippen MR) is 62.6 cm³/mol. The highest BCUT2D eigenvalue weighted by molar-refractivity contribution is 7.89. The molecular weight excluding hydrogens is 226 g/mol. The summed E-state index contributed by atoms with van der Waals surface area (Å²) in [7, 11) is -1.89. The lowest BCUT2D eigenvalue weighted by molar-refractivity contribution is 0.280.